The van der Waals surface area contributed by atoms with E-state index >= 15 is 0 Å². The van der Waals surface area contributed by atoms with Crippen LogP contribution in [0.25, 0.3) is 0 Å². The third-order valence-corrected chi connectivity index (χ3v) is 3.49. The van der Waals surface area contributed by atoms with Crippen LogP contribution in [0.1, 0.15) is 27.4 Å². The van der Waals surface area contributed by atoms with Crippen molar-refractivity contribution in [3.8, 4) is 0 Å². The molecule has 0 aliphatic heterocycles. The minimum absolute atomic E-state index is 0.0155. The van der Waals surface area contributed by atoms with Crippen molar-refractivity contribution in [1.29, 1.82) is 0 Å². The topological polar surface area (TPSA) is 55.1 Å². The van der Waals surface area contributed by atoms with Gasteiger partial charge in [-0.2, -0.15) is 0 Å². The lowest BCUT2D eigenvalue weighted by atomic mass is 10.3. The van der Waals surface area contributed by atoms with Crippen LogP contribution in [0.5, 0.6) is 0 Å². The van der Waals surface area contributed by atoms with Gasteiger partial charge in [0.05, 0.1) is 4.88 Å². The maximum atomic E-state index is 11.6. The molecule has 1 aliphatic rings. The summed E-state index contributed by atoms with van der Waals surface area (Å²) in [6, 6.07) is 1.75. The number of anilines is 1. The molecule has 0 aromatic carbocycles. The first-order chi connectivity index (χ1) is 6.66. The van der Waals surface area contributed by atoms with Gasteiger partial charge in [0.2, 0.25) is 0 Å². The largest absolute Gasteiger partial charge is 0.398 e. The van der Waals surface area contributed by atoms with Gasteiger partial charge in [0.25, 0.3) is 5.91 Å². The molecule has 0 spiro atoms. The Labute approximate surface area is 87.3 Å². The molecule has 1 aliphatic carbocycles. The maximum Gasteiger partial charge on any atom is 0.261 e. The van der Waals surface area contributed by atoms with Gasteiger partial charge in [-0.1, -0.05) is 0 Å². The van der Waals surface area contributed by atoms with Crippen LogP contribution in [0.4, 0.5) is 5.69 Å². The number of carbonyl (C=O) groups excluding carboxylic acids is 1. The number of nitrogens with two attached hydrogens (primary N) is 1. The summed E-state index contributed by atoms with van der Waals surface area (Å²) in [5.74, 6) is 0.735. The normalized spacial score (nSPS) is 15.5. The highest BCUT2D eigenvalue weighted by Crippen LogP contribution is 2.28. The Bertz CT molecular complexity index is 336. The number of hydrogen-bond donors (Lipinski definition) is 2. The second kappa shape index (κ2) is 3.61. The molecule has 14 heavy (non-hydrogen) atoms. The number of nitrogens with one attached hydrogen (secondary N) is 1. The summed E-state index contributed by atoms with van der Waals surface area (Å²) in [5.41, 5.74) is 6.39. The average Bonchev–Trinajstić information content (AvgIpc) is 2.91. The lowest BCUT2D eigenvalue weighted by Crippen LogP contribution is -2.24. The van der Waals surface area contributed by atoms with Crippen molar-refractivity contribution in [2.45, 2.75) is 19.8 Å². The number of nitrogen functional groups attached to an aromatic ring is 1. The zero-order valence-electron chi connectivity index (χ0n) is 8.17. The number of rotatable bonds is 3. The van der Waals surface area contributed by atoms with Crippen molar-refractivity contribution >= 4 is 22.9 Å². The van der Waals surface area contributed by atoms with Crippen LogP contribution >= 0.6 is 11.3 Å². The number of carbonyl (C=O) groups is 1. The first-order valence-corrected chi connectivity index (χ1v) is 5.62. The zero-order valence-corrected chi connectivity index (χ0v) is 8.99. The maximum absolute atomic E-state index is 11.6. The predicted octanol–water partition coefficient (Wildman–Crippen LogP) is 1.78. The molecule has 2 rings (SSSR count). The van der Waals surface area contributed by atoms with Gasteiger partial charge < -0.3 is 11.1 Å². The van der Waals surface area contributed by atoms with Crippen molar-refractivity contribution < 1.29 is 4.79 Å². The Hall–Kier alpha value is -1.03. The number of hydrogen-bond acceptors (Lipinski definition) is 3. The molecular weight excluding hydrogens is 196 g/mol. The van der Waals surface area contributed by atoms with E-state index in [4.69, 9.17) is 5.73 Å². The van der Waals surface area contributed by atoms with Crippen molar-refractivity contribution in [3.05, 3.63) is 15.8 Å². The molecule has 3 N–H and O–H groups in total. The van der Waals surface area contributed by atoms with Crippen molar-refractivity contribution in [2.75, 3.05) is 12.3 Å². The molecule has 0 atom stereocenters. The highest BCUT2D eigenvalue weighted by Gasteiger charge is 2.22. The quantitative estimate of drug-likeness (QED) is 0.799. The Morgan fingerprint density at radius 2 is 2.43 bits per heavy atom. The van der Waals surface area contributed by atoms with E-state index in [1.54, 1.807) is 6.07 Å². The Balaban J connectivity index is 1.95. The fourth-order valence-electron chi connectivity index (χ4n) is 1.25. The van der Waals surface area contributed by atoms with Crippen LogP contribution < -0.4 is 11.1 Å². The van der Waals surface area contributed by atoms with Gasteiger partial charge >= 0.3 is 0 Å². The van der Waals surface area contributed by atoms with E-state index in [1.807, 2.05) is 6.92 Å². The molecule has 0 bridgehead atoms. The molecule has 0 unspecified atom stereocenters. The molecule has 1 fully saturated rings. The molecule has 0 radical (unpaired) electrons. The molecule has 1 aromatic rings. The molecule has 3 nitrogen and oxygen atoms in total. The third-order valence-electron chi connectivity index (χ3n) is 2.43. The lowest BCUT2D eigenvalue weighted by molar-refractivity contribution is 0.0956. The number of thiophene rings is 1. The van der Waals surface area contributed by atoms with Gasteiger partial charge in [0.15, 0.2) is 0 Å². The second-order valence-electron chi connectivity index (χ2n) is 3.78. The SMILES string of the molecule is Cc1sc(C(=O)NCC2CC2)cc1N. The summed E-state index contributed by atoms with van der Waals surface area (Å²) >= 11 is 1.46. The first-order valence-electron chi connectivity index (χ1n) is 4.81. The van der Waals surface area contributed by atoms with Crippen molar-refractivity contribution in [3.63, 3.8) is 0 Å². The van der Waals surface area contributed by atoms with Crippen LogP contribution in [0.3, 0.4) is 0 Å². The highest BCUT2D eigenvalue weighted by molar-refractivity contribution is 7.14. The number of amides is 1. The van der Waals surface area contributed by atoms with E-state index in [-0.39, 0.29) is 5.91 Å². The second-order valence-corrected chi connectivity index (χ2v) is 5.03. The van der Waals surface area contributed by atoms with E-state index in [2.05, 4.69) is 5.32 Å². The van der Waals surface area contributed by atoms with E-state index in [0.29, 0.717) is 5.69 Å². The summed E-state index contributed by atoms with van der Waals surface area (Å²) in [4.78, 5) is 13.3. The molecule has 4 heteroatoms. The summed E-state index contributed by atoms with van der Waals surface area (Å²) in [7, 11) is 0. The molecule has 1 aromatic heterocycles. The fraction of sp³-hybridized carbons (Fsp3) is 0.500. The summed E-state index contributed by atoms with van der Waals surface area (Å²) in [6.45, 7) is 2.74. The zero-order chi connectivity index (χ0) is 10.1. The molecule has 1 amide bonds. The third kappa shape index (κ3) is 2.07. The van der Waals surface area contributed by atoms with E-state index in [0.717, 1.165) is 22.2 Å². The van der Waals surface area contributed by atoms with Crippen LogP contribution in [0.2, 0.25) is 0 Å². The molecule has 76 valence electrons. The summed E-state index contributed by atoms with van der Waals surface area (Å²) in [5, 5.41) is 2.92. The molecular formula is C10H14N2OS. The smallest absolute Gasteiger partial charge is 0.261 e. The molecule has 1 saturated carbocycles. The van der Waals surface area contributed by atoms with E-state index in [9.17, 15) is 4.79 Å². The monoisotopic (exact) mass is 210 g/mol. The minimum Gasteiger partial charge on any atom is -0.398 e. The predicted molar refractivity (Wildman–Crippen MR) is 58.5 cm³/mol. The molecule has 0 saturated heterocycles. The van der Waals surface area contributed by atoms with Gasteiger partial charge in [-0.05, 0) is 31.7 Å². The molecule has 1 heterocycles. The van der Waals surface area contributed by atoms with Crippen molar-refractivity contribution in [2.24, 2.45) is 5.92 Å². The standard InChI is InChI=1S/C10H14N2OS/c1-6-8(11)4-9(14-6)10(13)12-5-7-2-3-7/h4,7H,2-3,5,11H2,1H3,(H,12,13). The number of aryl methyl sites for hydroxylation is 1. The van der Waals surface area contributed by atoms with Crippen LogP contribution in [0.15, 0.2) is 6.07 Å². The van der Waals surface area contributed by atoms with Gasteiger partial charge in [-0.3, -0.25) is 4.79 Å². The van der Waals surface area contributed by atoms with Crippen LogP contribution in [-0.2, 0) is 0 Å². The van der Waals surface area contributed by atoms with E-state index in [1.165, 1.54) is 24.2 Å². The summed E-state index contributed by atoms with van der Waals surface area (Å²) < 4.78 is 0. The van der Waals surface area contributed by atoms with Gasteiger partial charge in [-0.15, -0.1) is 11.3 Å². The van der Waals surface area contributed by atoms with Crippen LogP contribution in [-0.4, -0.2) is 12.5 Å². The first kappa shape index (κ1) is 9.52. The van der Waals surface area contributed by atoms with Crippen LogP contribution in [0, 0.1) is 12.8 Å². The Morgan fingerprint density at radius 1 is 1.71 bits per heavy atom. The fourth-order valence-corrected chi connectivity index (χ4v) is 2.11. The van der Waals surface area contributed by atoms with Gasteiger partial charge in [0.1, 0.15) is 0 Å². The Kier molecular flexibility index (Phi) is 2.46. The van der Waals surface area contributed by atoms with E-state index < -0.39 is 0 Å². The van der Waals surface area contributed by atoms with Gasteiger partial charge in [-0.25, -0.2) is 0 Å². The summed E-state index contributed by atoms with van der Waals surface area (Å²) in [6.07, 6.45) is 2.51. The Morgan fingerprint density at radius 3 is 2.93 bits per heavy atom. The highest BCUT2D eigenvalue weighted by atomic mass is 32.1. The van der Waals surface area contributed by atoms with Gasteiger partial charge in [0, 0.05) is 17.1 Å². The minimum atomic E-state index is 0.0155. The van der Waals surface area contributed by atoms with Crippen molar-refractivity contribution in [1.82, 2.24) is 5.32 Å². The lowest BCUT2D eigenvalue weighted by Gasteiger charge is -2.00. The average molecular weight is 210 g/mol.